The normalized spacial score (nSPS) is 20.0. The number of hydrogen-bond acceptors (Lipinski definition) is 5. The van der Waals surface area contributed by atoms with Crippen LogP contribution in [0, 0.1) is 17.3 Å². The van der Waals surface area contributed by atoms with Gasteiger partial charge in [0.15, 0.2) is 0 Å². The summed E-state index contributed by atoms with van der Waals surface area (Å²) in [5, 5.41) is 11.6. The molecule has 1 heterocycles. The smallest absolute Gasteiger partial charge is 0.308 e. The molecule has 1 atom stereocenters. The topological polar surface area (TPSA) is 79.2 Å². The first-order chi connectivity index (χ1) is 14.0. The molecule has 1 aromatic rings. The summed E-state index contributed by atoms with van der Waals surface area (Å²) in [7, 11) is 0. The molecule has 1 spiro atoms. The highest BCUT2D eigenvalue weighted by molar-refractivity contribution is 5.95. The lowest BCUT2D eigenvalue weighted by molar-refractivity contribution is -0.150. The van der Waals surface area contributed by atoms with Gasteiger partial charge in [0.25, 0.3) is 5.91 Å². The third-order valence-electron chi connectivity index (χ3n) is 6.93. The number of esters is 1. The van der Waals surface area contributed by atoms with Gasteiger partial charge in [0, 0.05) is 18.7 Å². The van der Waals surface area contributed by atoms with Crippen molar-refractivity contribution in [3.8, 4) is 0 Å². The molecule has 7 heteroatoms. The summed E-state index contributed by atoms with van der Waals surface area (Å²) >= 11 is 0. The Morgan fingerprint density at radius 2 is 1.80 bits per heavy atom. The van der Waals surface area contributed by atoms with Crippen LogP contribution in [0.5, 0.6) is 0 Å². The Morgan fingerprint density at radius 1 is 1.20 bits per heavy atom. The minimum Gasteiger partial charge on any atom is -0.466 e. The van der Waals surface area contributed by atoms with Crippen LogP contribution in [0.4, 0.5) is 0 Å². The first-order valence-corrected chi connectivity index (χ1v) is 10.7. The minimum atomic E-state index is -0.0647. The molecule has 0 radical (unpaired) electrons. The number of benzene rings is 1. The number of rotatable bonds is 5. The van der Waals surface area contributed by atoms with E-state index in [2.05, 4.69) is 5.16 Å². The van der Waals surface area contributed by atoms with Gasteiger partial charge in [-0.1, -0.05) is 24.2 Å². The van der Waals surface area contributed by atoms with E-state index in [4.69, 9.17) is 9.94 Å². The highest BCUT2D eigenvalue weighted by Gasteiger charge is 2.41. The Morgan fingerprint density at radius 3 is 2.33 bits per heavy atom. The predicted molar refractivity (Wildman–Crippen MR) is 118 cm³/mol. The van der Waals surface area contributed by atoms with Crippen molar-refractivity contribution in [2.24, 2.45) is 22.4 Å². The Hall–Kier alpha value is -2.08. The lowest BCUT2D eigenvalue weighted by atomic mass is 9.63. The molecule has 1 aromatic carbocycles. The summed E-state index contributed by atoms with van der Waals surface area (Å²) in [5.41, 5.74) is 1.75. The molecule has 6 nitrogen and oxygen atoms in total. The molecular weight excluding hydrogens is 404 g/mol. The molecule has 0 bridgehead atoms. The quantitative estimate of drug-likeness (QED) is 0.318. The van der Waals surface area contributed by atoms with Crippen LogP contribution in [0.1, 0.15) is 68.3 Å². The molecule has 3 rings (SSSR count). The molecule has 0 aromatic heterocycles. The second-order valence-corrected chi connectivity index (χ2v) is 8.54. The number of piperidine rings is 1. The van der Waals surface area contributed by atoms with E-state index in [1.54, 1.807) is 24.3 Å². The monoisotopic (exact) mass is 436 g/mol. The van der Waals surface area contributed by atoms with Crippen molar-refractivity contribution >= 4 is 30.5 Å². The third kappa shape index (κ3) is 5.54. The summed E-state index contributed by atoms with van der Waals surface area (Å²) in [6.45, 7) is 5.88. The van der Waals surface area contributed by atoms with E-state index >= 15 is 0 Å². The van der Waals surface area contributed by atoms with E-state index in [-0.39, 0.29) is 30.2 Å². The van der Waals surface area contributed by atoms with Gasteiger partial charge in [-0.2, -0.15) is 0 Å². The van der Waals surface area contributed by atoms with Gasteiger partial charge in [-0.15, -0.1) is 12.4 Å². The Bertz CT molecular complexity index is 732. The van der Waals surface area contributed by atoms with Gasteiger partial charge in [0.1, 0.15) is 0 Å². The molecule has 1 saturated heterocycles. The van der Waals surface area contributed by atoms with Crippen molar-refractivity contribution in [3.05, 3.63) is 35.4 Å². The Kier molecular flexibility index (Phi) is 8.71. The lowest BCUT2D eigenvalue weighted by Crippen LogP contribution is -2.45. The number of carbonyl (C=O) groups excluding carboxylic acids is 2. The number of carbonyl (C=O) groups is 2. The second-order valence-electron chi connectivity index (χ2n) is 8.54. The molecule has 166 valence electrons. The fourth-order valence-electron chi connectivity index (χ4n) is 4.86. The molecular formula is C23H33ClN2O4. The number of nitrogens with zero attached hydrogens (tertiary/aromatic N) is 2. The molecule has 2 aliphatic rings. The maximum absolute atomic E-state index is 12.8. The van der Waals surface area contributed by atoms with Crippen molar-refractivity contribution < 1.29 is 19.5 Å². The van der Waals surface area contributed by atoms with E-state index < -0.39 is 0 Å². The summed E-state index contributed by atoms with van der Waals surface area (Å²) in [6, 6.07) is 7.13. The standard InChI is InChI=1S/C23H32N2O4.ClH/c1-3-29-22(27)17(2)19-8-10-23(11-9-19)12-14-25(15-13-23)21(26)20-6-4-18(5-7-20)16-24-28;/h4-7,16-17,19,28H,3,8-15H2,1-2H3;1H. The summed E-state index contributed by atoms with van der Waals surface area (Å²) in [5.74, 6) is 0.398. The molecule has 1 unspecified atom stereocenters. The van der Waals surface area contributed by atoms with Gasteiger partial charge in [-0.3, -0.25) is 9.59 Å². The van der Waals surface area contributed by atoms with Crippen LogP contribution in [-0.2, 0) is 9.53 Å². The highest BCUT2D eigenvalue weighted by atomic mass is 35.5. The number of amides is 1. The van der Waals surface area contributed by atoms with Crippen molar-refractivity contribution in [1.29, 1.82) is 0 Å². The second kappa shape index (κ2) is 10.8. The average molecular weight is 437 g/mol. The first-order valence-electron chi connectivity index (χ1n) is 10.7. The van der Waals surface area contributed by atoms with Gasteiger partial charge in [0.2, 0.25) is 0 Å². The van der Waals surface area contributed by atoms with E-state index in [0.29, 0.717) is 23.5 Å². The van der Waals surface area contributed by atoms with Crippen molar-refractivity contribution in [3.63, 3.8) is 0 Å². The van der Waals surface area contributed by atoms with E-state index in [9.17, 15) is 9.59 Å². The van der Waals surface area contributed by atoms with Crippen LogP contribution < -0.4 is 0 Å². The lowest BCUT2D eigenvalue weighted by Gasteiger charge is -2.46. The van der Waals surface area contributed by atoms with Gasteiger partial charge >= 0.3 is 5.97 Å². The maximum atomic E-state index is 12.8. The SMILES string of the molecule is CCOC(=O)C(C)C1CCC2(CC1)CCN(C(=O)c1ccc(C=NO)cc1)CC2.Cl. The van der Waals surface area contributed by atoms with Crippen LogP contribution in [0.3, 0.4) is 0 Å². The average Bonchev–Trinajstić information content (AvgIpc) is 2.75. The fourth-order valence-corrected chi connectivity index (χ4v) is 4.86. The van der Waals surface area contributed by atoms with Crippen molar-refractivity contribution in [2.75, 3.05) is 19.7 Å². The van der Waals surface area contributed by atoms with E-state index in [1.807, 2.05) is 18.7 Å². The molecule has 1 N–H and O–H groups in total. The zero-order chi connectivity index (χ0) is 20.9. The number of hydrogen-bond donors (Lipinski definition) is 1. The molecule has 1 aliphatic carbocycles. The summed E-state index contributed by atoms with van der Waals surface area (Å²) < 4.78 is 5.19. The largest absolute Gasteiger partial charge is 0.466 e. The summed E-state index contributed by atoms with van der Waals surface area (Å²) in [4.78, 5) is 26.8. The van der Waals surface area contributed by atoms with Crippen LogP contribution in [0.2, 0.25) is 0 Å². The van der Waals surface area contributed by atoms with E-state index in [1.165, 1.54) is 6.21 Å². The minimum absolute atomic E-state index is 0. The molecule has 1 saturated carbocycles. The van der Waals surface area contributed by atoms with Crippen LogP contribution in [-0.4, -0.2) is 47.9 Å². The van der Waals surface area contributed by atoms with Gasteiger partial charge in [0.05, 0.1) is 18.7 Å². The number of likely N-dealkylation sites (tertiary alicyclic amines) is 1. The molecule has 1 aliphatic heterocycles. The predicted octanol–water partition coefficient (Wildman–Crippen LogP) is 4.53. The maximum Gasteiger partial charge on any atom is 0.308 e. The van der Waals surface area contributed by atoms with Gasteiger partial charge in [-0.05, 0) is 74.5 Å². The summed E-state index contributed by atoms with van der Waals surface area (Å²) in [6.07, 6.45) is 7.84. The van der Waals surface area contributed by atoms with Crippen LogP contribution in [0.25, 0.3) is 0 Å². The third-order valence-corrected chi connectivity index (χ3v) is 6.93. The zero-order valence-corrected chi connectivity index (χ0v) is 18.7. The first kappa shape index (κ1) is 24.2. The van der Waals surface area contributed by atoms with Crippen LogP contribution in [0.15, 0.2) is 29.4 Å². The molecule has 2 fully saturated rings. The number of oxime groups is 1. The zero-order valence-electron chi connectivity index (χ0n) is 17.9. The Labute approximate surface area is 185 Å². The van der Waals surface area contributed by atoms with Crippen molar-refractivity contribution in [1.82, 2.24) is 4.90 Å². The molecule has 30 heavy (non-hydrogen) atoms. The highest BCUT2D eigenvalue weighted by Crippen LogP contribution is 2.48. The van der Waals surface area contributed by atoms with E-state index in [0.717, 1.165) is 57.2 Å². The fraction of sp³-hybridized carbons (Fsp3) is 0.609. The van der Waals surface area contributed by atoms with Gasteiger partial charge < -0.3 is 14.8 Å². The number of ether oxygens (including phenoxy) is 1. The Balaban J connectivity index is 0.00000320. The van der Waals surface area contributed by atoms with Crippen LogP contribution >= 0.6 is 12.4 Å². The number of halogens is 1. The van der Waals surface area contributed by atoms with Gasteiger partial charge in [-0.25, -0.2) is 0 Å². The van der Waals surface area contributed by atoms with Crippen molar-refractivity contribution in [2.45, 2.75) is 52.4 Å². The molecule has 1 amide bonds.